The summed E-state index contributed by atoms with van der Waals surface area (Å²) in [6.07, 6.45) is 7.48. The molecule has 0 aromatic carbocycles. The van der Waals surface area contributed by atoms with Crippen LogP contribution in [0.25, 0.3) is 0 Å². The molecule has 0 spiro atoms. The normalized spacial score (nSPS) is 26.4. The summed E-state index contributed by atoms with van der Waals surface area (Å²) >= 11 is 5.20. The van der Waals surface area contributed by atoms with E-state index < -0.39 is 5.41 Å². The number of piperidine rings is 1. The van der Waals surface area contributed by atoms with Crippen LogP contribution in [-0.2, 0) is 4.79 Å². The molecule has 4 nitrogen and oxygen atoms in total. The number of carbonyl (C=O) groups excluding carboxylic acids is 1. The van der Waals surface area contributed by atoms with E-state index in [1.165, 1.54) is 0 Å². The lowest BCUT2D eigenvalue weighted by atomic mass is 9.83. The molecule has 108 valence electrons. The topological polar surface area (TPSA) is 66.6 Å². The maximum atomic E-state index is 12.9. The molecule has 1 heterocycles. The van der Waals surface area contributed by atoms with Crippen molar-refractivity contribution in [3.8, 4) is 0 Å². The molecule has 1 aliphatic heterocycles. The van der Waals surface area contributed by atoms with Crippen molar-refractivity contribution < 1.29 is 9.90 Å². The zero-order valence-corrected chi connectivity index (χ0v) is 12.3. The molecule has 1 aliphatic carbocycles. The fourth-order valence-electron chi connectivity index (χ4n) is 3.54. The number of aliphatic hydroxyl groups is 1. The summed E-state index contributed by atoms with van der Waals surface area (Å²) in [7, 11) is 0. The van der Waals surface area contributed by atoms with Gasteiger partial charge in [0.2, 0.25) is 5.91 Å². The maximum Gasteiger partial charge on any atom is 0.235 e. The number of rotatable bonds is 4. The van der Waals surface area contributed by atoms with Crippen LogP contribution >= 0.6 is 12.2 Å². The Kier molecular flexibility index (Phi) is 4.79. The van der Waals surface area contributed by atoms with Gasteiger partial charge in [-0.3, -0.25) is 4.79 Å². The minimum atomic E-state index is -0.597. The summed E-state index contributed by atoms with van der Waals surface area (Å²) in [5, 5.41) is 9.17. The zero-order valence-electron chi connectivity index (χ0n) is 11.4. The minimum absolute atomic E-state index is 0.121. The summed E-state index contributed by atoms with van der Waals surface area (Å²) in [6, 6.07) is 0.165. The monoisotopic (exact) mass is 284 g/mol. The number of likely N-dealkylation sites (tertiary alicyclic amines) is 1. The highest BCUT2D eigenvalue weighted by Gasteiger charge is 2.47. The van der Waals surface area contributed by atoms with Gasteiger partial charge in [0, 0.05) is 19.2 Å². The second-order valence-corrected chi connectivity index (χ2v) is 6.25. The SMILES string of the molecule is NC(=S)C1(C(=O)N2CCCCC2CCO)CCCC1. The van der Waals surface area contributed by atoms with Crippen LogP contribution in [0, 0.1) is 5.41 Å². The second kappa shape index (κ2) is 6.18. The van der Waals surface area contributed by atoms with E-state index in [-0.39, 0.29) is 18.6 Å². The van der Waals surface area contributed by atoms with Gasteiger partial charge in [-0.05, 0) is 38.5 Å². The number of nitrogens with zero attached hydrogens (tertiary/aromatic N) is 1. The fraction of sp³-hybridized carbons (Fsp3) is 0.857. The summed E-state index contributed by atoms with van der Waals surface area (Å²) in [5.74, 6) is 0.121. The molecule has 1 amide bonds. The van der Waals surface area contributed by atoms with Gasteiger partial charge in [0.15, 0.2) is 0 Å². The van der Waals surface area contributed by atoms with E-state index in [1.54, 1.807) is 0 Å². The average molecular weight is 284 g/mol. The Hall–Kier alpha value is -0.680. The molecule has 5 heteroatoms. The molecule has 1 saturated heterocycles. The molecular formula is C14H24N2O2S. The Morgan fingerprint density at radius 3 is 2.58 bits per heavy atom. The largest absolute Gasteiger partial charge is 0.396 e. The Bertz CT molecular complexity index is 351. The molecule has 0 aromatic rings. The van der Waals surface area contributed by atoms with Crippen LogP contribution in [0.4, 0.5) is 0 Å². The molecule has 1 atom stereocenters. The van der Waals surface area contributed by atoms with E-state index in [0.29, 0.717) is 11.4 Å². The Morgan fingerprint density at radius 1 is 1.32 bits per heavy atom. The molecule has 1 saturated carbocycles. The van der Waals surface area contributed by atoms with Gasteiger partial charge in [-0.1, -0.05) is 25.1 Å². The first kappa shape index (κ1) is 14.7. The number of nitrogens with two attached hydrogens (primary N) is 1. The summed E-state index contributed by atoms with van der Waals surface area (Å²) < 4.78 is 0. The maximum absolute atomic E-state index is 12.9. The second-order valence-electron chi connectivity index (χ2n) is 5.81. The first-order valence-electron chi connectivity index (χ1n) is 7.33. The van der Waals surface area contributed by atoms with E-state index >= 15 is 0 Å². The summed E-state index contributed by atoms with van der Waals surface area (Å²) in [5.41, 5.74) is 5.30. The highest BCUT2D eigenvalue weighted by molar-refractivity contribution is 7.80. The molecule has 2 fully saturated rings. The molecule has 2 rings (SSSR count). The third-order valence-electron chi connectivity index (χ3n) is 4.69. The quantitative estimate of drug-likeness (QED) is 0.770. The van der Waals surface area contributed by atoms with Gasteiger partial charge in [0.05, 0.1) is 10.4 Å². The van der Waals surface area contributed by atoms with Crippen LogP contribution < -0.4 is 5.73 Å². The van der Waals surface area contributed by atoms with Crippen LogP contribution in [0.15, 0.2) is 0 Å². The van der Waals surface area contributed by atoms with Crippen LogP contribution in [0.3, 0.4) is 0 Å². The molecule has 3 N–H and O–H groups in total. The van der Waals surface area contributed by atoms with Gasteiger partial charge in [0.1, 0.15) is 0 Å². The molecule has 19 heavy (non-hydrogen) atoms. The van der Waals surface area contributed by atoms with Gasteiger partial charge in [-0.25, -0.2) is 0 Å². The van der Waals surface area contributed by atoms with Crippen molar-refractivity contribution in [3.63, 3.8) is 0 Å². The van der Waals surface area contributed by atoms with Crippen molar-refractivity contribution >= 4 is 23.1 Å². The average Bonchev–Trinajstić information content (AvgIpc) is 2.89. The number of thiocarbonyl (C=S) groups is 1. The van der Waals surface area contributed by atoms with Crippen LogP contribution in [-0.4, -0.2) is 40.1 Å². The smallest absolute Gasteiger partial charge is 0.235 e. The van der Waals surface area contributed by atoms with E-state index in [0.717, 1.165) is 51.5 Å². The first-order chi connectivity index (χ1) is 9.12. The zero-order chi connectivity index (χ0) is 13.9. The van der Waals surface area contributed by atoms with E-state index in [2.05, 4.69) is 0 Å². The Balaban J connectivity index is 2.17. The van der Waals surface area contributed by atoms with Crippen LogP contribution in [0.5, 0.6) is 0 Å². The number of amides is 1. The lowest BCUT2D eigenvalue weighted by Crippen LogP contribution is -2.54. The van der Waals surface area contributed by atoms with Crippen molar-refractivity contribution in [2.75, 3.05) is 13.2 Å². The van der Waals surface area contributed by atoms with E-state index in [1.807, 2.05) is 4.90 Å². The fourth-order valence-corrected chi connectivity index (χ4v) is 3.83. The van der Waals surface area contributed by atoms with Crippen LogP contribution in [0.2, 0.25) is 0 Å². The van der Waals surface area contributed by atoms with Crippen molar-refractivity contribution in [1.82, 2.24) is 4.90 Å². The van der Waals surface area contributed by atoms with Crippen molar-refractivity contribution in [2.24, 2.45) is 11.1 Å². The number of carbonyl (C=O) groups is 1. The van der Waals surface area contributed by atoms with Crippen molar-refractivity contribution in [3.05, 3.63) is 0 Å². The third kappa shape index (κ3) is 2.77. The van der Waals surface area contributed by atoms with Gasteiger partial charge in [-0.15, -0.1) is 0 Å². The molecule has 1 unspecified atom stereocenters. The predicted octanol–water partition coefficient (Wildman–Crippen LogP) is 1.60. The standard InChI is InChI=1S/C14H24N2O2S/c15-12(19)14(7-2-3-8-14)13(18)16-9-4-1-5-11(16)6-10-17/h11,17H,1-10H2,(H2,15,19). The molecule has 0 radical (unpaired) electrons. The Labute approximate surface area is 120 Å². The molecule has 0 aromatic heterocycles. The van der Waals surface area contributed by atoms with Crippen molar-refractivity contribution in [1.29, 1.82) is 0 Å². The number of hydrogen-bond donors (Lipinski definition) is 2. The first-order valence-corrected chi connectivity index (χ1v) is 7.74. The minimum Gasteiger partial charge on any atom is -0.396 e. The molecular weight excluding hydrogens is 260 g/mol. The van der Waals surface area contributed by atoms with Gasteiger partial charge < -0.3 is 15.7 Å². The highest BCUT2D eigenvalue weighted by atomic mass is 32.1. The van der Waals surface area contributed by atoms with Gasteiger partial charge >= 0.3 is 0 Å². The lowest BCUT2D eigenvalue weighted by molar-refractivity contribution is -0.142. The number of hydrogen-bond acceptors (Lipinski definition) is 3. The van der Waals surface area contributed by atoms with E-state index in [4.69, 9.17) is 23.1 Å². The van der Waals surface area contributed by atoms with Gasteiger partial charge in [-0.2, -0.15) is 0 Å². The Morgan fingerprint density at radius 2 is 2.00 bits per heavy atom. The summed E-state index contributed by atoms with van der Waals surface area (Å²) in [4.78, 5) is 15.2. The van der Waals surface area contributed by atoms with Crippen molar-refractivity contribution in [2.45, 2.75) is 57.4 Å². The summed E-state index contributed by atoms with van der Waals surface area (Å²) in [6.45, 7) is 0.919. The predicted molar refractivity (Wildman–Crippen MR) is 78.7 cm³/mol. The highest BCUT2D eigenvalue weighted by Crippen LogP contribution is 2.41. The molecule has 2 aliphatic rings. The number of aliphatic hydroxyl groups excluding tert-OH is 1. The van der Waals surface area contributed by atoms with E-state index in [9.17, 15) is 4.79 Å². The molecule has 0 bridgehead atoms. The lowest BCUT2D eigenvalue weighted by Gasteiger charge is -2.41. The van der Waals surface area contributed by atoms with Gasteiger partial charge in [0.25, 0.3) is 0 Å². The van der Waals surface area contributed by atoms with Crippen LogP contribution in [0.1, 0.15) is 51.4 Å². The third-order valence-corrected chi connectivity index (χ3v) is 5.08.